The molecule has 0 spiro atoms. The van der Waals surface area contributed by atoms with E-state index in [2.05, 4.69) is 61.9 Å². The minimum absolute atomic E-state index is 0.254. The van der Waals surface area contributed by atoms with Crippen molar-refractivity contribution in [3.8, 4) is 16.9 Å². The van der Waals surface area contributed by atoms with E-state index in [1.807, 2.05) is 6.07 Å². The van der Waals surface area contributed by atoms with Crippen LogP contribution in [0.2, 0.25) is 0 Å². The molecule has 102 valence electrons. The Labute approximate surface area is 121 Å². The van der Waals surface area contributed by atoms with E-state index in [1.54, 1.807) is 0 Å². The first kappa shape index (κ1) is 13.2. The Morgan fingerprint density at radius 2 is 1.65 bits per heavy atom. The first-order chi connectivity index (χ1) is 9.85. The average Bonchev–Trinajstić information content (AvgIpc) is 2.97. The molecule has 0 heterocycles. The van der Waals surface area contributed by atoms with E-state index in [0.717, 1.165) is 25.0 Å². The van der Waals surface area contributed by atoms with Crippen LogP contribution in [0.25, 0.3) is 11.1 Å². The molecule has 1 nitrogen and oxygen atoms in total. The molecule has 0 N–H and O–H groups in total. The van der Waals surface area contributed by atoms with Crippen molar-refractivity contribution in [2.75, 3.05) is 0 Å². The summed E-state index contributed by atoms with van der Waals surface area (Å²) in [4.78, 5) is 0. The van der Waals surface area contributed by atoms with Gasteiger partial charge in [-0.25, -0.2) is 0 Å². The monoisotopic (exact) mass is 264 g/mol. The molecule has 0 bridgehead atoms. The second-order valence-corrected chi connectivity index (χ2v) is 5.41. The predicted octanol–water partition coefficient (Wildman–Crippen LogP) is 4.94. The topological polar surface area (TPSA) is 9.23 Å². The largest absolute Gasteiger partial charge is 0.490 e. The summed E-state index contributed by atoms with van der Waals surface area (Å²) in [5.74, 6) is 1.65. The number of hydrogen-bond acceptors (Lipinski definition) is 1. The SMILES string of the molecule is [CH2]CC1C[CH]C(Oc2ccc(-c3ccccc3)cc2)C1. The van der Waals surface area contributed by atoms with E-state index in [1.165, 1.54) is 11.1 Å². The summed E-state index contributed by atoms with van der Waals surface area (Å²) in [6, 6.07) is 18.8. The second-order valence-electron chi connectivity index (χ2n) is 5.41. The molecule has 1 aliphatic carbocycles. The highest BCUT2D eigenvalue weighted by Crippen LogP contribution is 2.31. The highest BCUT2D eigenvalue weighted by Gasteiger charge is 2.24. The molecule has 1 fully saturated rings. The summed E-state index contributed by atoms with van der Waals surface area (Å²) in [6.45, 7) is 3.98. The number of benzene rings is 2. The van der Waals surface area contributed by atoms with Gasteiger partial charge in [-0.15, -0.1) is 0 Å². The third kappa shape index (κ3) is 3.04. The van der Waals surface area contributed by atoms with Crippen LogP contribution in [0.3, 0.4) is 0 Å². The molecule has 1 saturated carbocycles. The standard InChI is InChI=1S/C19H20O/c1-2-15-8-11-19(14-15)20-18-12-9-17(10-13-18)16-6-4-3-5-7-16/h3-7,9-13,15,19H,1-2,8,14H2. The minimum Gasteiger partial charge on any atom is -0.490 e. The molecule has 2 atom stereocenters. The van der Waals surface area contributed by atoms with Gasteiger partial charge in [-0.05, 0) is 42.0 Å². The van der Waals surface area contributed by atoms with E-state index in [0.29, 0.717) is 5.92 Å². The van der Waals surface area contributed by atoms with Gasteiger partial charge in [-0.1, -0.05) is 55.8 Å². The molecular formula is C19H20O. The lowest BCUT2D eigenvalue weighted by molar-refractivity contribution is 0.231. The Balaban J connectivity index is 1.65. The molecule has 20 heavy (non-hydrogen) atoms. The molecule has 2 radical (unpaired) electrons. The molecule has 0 aromatic heterocycles. The average molecular weight is 264 g/mol. The van der Waals surface area contributed by atoms with Crippen LogP contribution < -0.4 is 4.74 Å². The first-order valence-electron chi connectivity index (χ1n) is 7.30. The zero-order valence-electron chi connectivity index (χ0n) is 11.7. The van der Waals surface area contributed by atoms with Gasteiger partial charge >= 0.3 is 0 Å². The van der Waals surface area contributed by atoms with Crippen LogP contribution >= 0.6 is 0 Å². The van der Waals surface area contributed by atoms with Gasteiger partial charge in [0.1, 0.15) is 11.9 Å². The lowest BCUT2D eigenvalue weighted by Crippen LogP contribution is -2.12. The normalized spacial score (nSPS) is 21.9. The molecule has 2 aromatic rings. The zero-order chi connectivity index (χ0) is 13.8. The molecule has 0 saturated heterocycles. The highest BCUT2D eigenvalue weighted by atomic mass is 16.5. The van der Waals surface area contributed by atoms with Crippen LogP contribution in [0.4, 0.5) is 0 Å². The lowest BCUT2D eigenvalue weighted by Gasteiger charge is -2.14. The van der Waals surface area contributed by atoms with Crippen LogP contribution in [-0.2, 0) is 0 Å². The number of rotatable bonds is 4. The van der Waals surface area contributed by atoms with Crippen molar-refractivity contribution >= 4 is 0 Å². The van der Waals surface area contributed by atoms with E-state index < -0.39 is 0 Å². The maximum absolute atomic E-state index is 6.01. The van der Waals surface area contributed by atoms with Crippen LogP contribution in [0, 0.1) is 19.3 Å². The molecule has 2 aromatic carbocycles. The Morgan fingerprint density at radius 1 is 0.950 bits per heavy atom. The van der Waals surface area contributed by atoms with E-state index in [9.17, 15) is 0 Å². The summed E-state index contributed by atoms with van der Waals surface area (Å²) in [5.41, 5.74) is 2.47. The molecule has 0 amide bonds. The highest BCUT2D eigenvalue weighted by molar-refractivity contribution is 5.63. The number of hydrogen-bond donors (Lipinski definition) is 0. The molecule has 1 heteroatoms. The van der Waals surface area contributed by atoms with E-state index in [-0.39, 0.29) is 6.10 Å². The molecular weight excluding hydrogens is 244 g/mol. The van der Waals surface area contributed by atoms with Crippen molar-refractivity contribution in [3.63, 3.8) is 0 Å². The first-order valence-corrected chi connectivity index (χ1v) is 7.30. The van der Waals surface area contributed by atoms with Crippen molar-refractivity contribution in [2.45, 2.75) is 25.4 Å². The van der Waals surface area contributed by atoms with E-state index >= 15 is 0 Å². The second kappa shape index (κ2) is 6.13. The van der Waals surface area contributed by atoms with Gasteiger partial charge in [0.15, 0.2) is 0 Å². The summed E-state index contributed by atoms with van der Waals surface area (Å²) in [6.07, 6.45) is 5.77. The van der Waals surface area contributed by atoms with Crippen molar-refractivity contribution in [1.29, 1.82) is 0 Å². The summed E-state index contributed by atoms with van der Waals surface area (Å²) in [5, 5.41) is 0. The minimum atomic E-state index is 0.254. The Morgan fingerprint density at radius 3 is 2.30 bits per heavy atom. The fraction of sp³-hybridized carbons (Fsp3) is 0.263. The van der Waals surface area contributed by atoms with Gasteiger partial charge in [-0.3, -0.25) is 0 Å². The van der Waals surface area contributed by atoms with Gasteiger partial charge < -0.3 is 4.74 Å². The Kier molecular flexibility index (Phi) is 4.05. The van der Waals surface area contributed by atoms with Crippen LogP contribution in [-0.4, -0.2) is 6.10 Å². The summed E-state index contributed by atoms with van der Waals surface area (Å²) >= 11 is 0. The Bertz CT molecular complexity index is 529. The zero-order valence-corrected chi connectivity index (χ0v) is 11.7. The van der Waals surface area contributed by atoms with Gasteiger partial charge in [0, 0.05) is 6.42 Å². The third-order valence-corrected chi connectivity index (χ3v) is 3.96. The maximum Gasteiger partial charge on any atom is 0.119 e. The lowest BCUT2D eigenvalue weighted by atomic mass is 10.1. The van der Waals surface area contributed by atoms with Gasteiger partial charge in [-0.2, -0.15) is 0 Å². The van der Waals surface area contributed by atoms with Gasteiger partial charge in [0.05, 0.1) is 0 Å². The quantitative estimate of drug-likeness (QED) is 0.760. The van der Waals surface area contributed by atoms with Crippen molar-refractivity contribution < 1.29 is 4.74 Å². The molecule has 3 rings (SSSR count). The van der Waals surface area contributed by atoms with Crippen molar-refractivity contribution in [3.05, 3.63) is 67.9 Å². The summed E-state index contributed by atoms with van der Waals surface area (Å²) < 4.78 is 6.01. The maximum atomic E-state index is 6.01. The smallest absolute Gasteiger partial charge is 0.119 e. The molecule has 0 aliphatic heterocycles. The third-order valence-electron chi connectivity index (χ3n) is 3.96. The van der Waals surface area contributed by atoms with Crippen LogP contribution in [0.1, 0.15) is 19.3 Å². The van der Waals surface area contributed by atoms with E-state index in [4.69, 9.17) is 4.74 Å². The van der Waals surface area contributed by atoms with Crippen molar-refractivity contribution in [1.82, 2.24) is 0 Å². The number of ether oxygens (including phenoxy) is 1. The van der Waals surface area contributed by atoms with Gasteiger partial charge in [0.2, 0.25) is 0 Å². The molecule has 2 unspecified atom stereocenters. The summed E-state index contributed by atoms with van der Waals surface area (Å²) in [7, 11) is 0. The van der Waals surface area contributed by atoms with Crippen molar-refractivity contribution in [2.24, 2.45) is 5.92 Å². The van der Waals surface area contributed by atoms with Gasteiger partial charge in [0.25, 0.3) is 0 Å². The Hall–Kier alpha value is -1.76. The predicted molar refractivity (Wildman–Crippen MR) is 83.3 cm³/mol. The van der Waals surface area contributed by atoms with Crippen LogP contribution in [0.15, 0.2) is 54.6 Å². The van der Waals surface area contributed by atoms with Crippen LogP contribution in [0.5, 0.6) is 5.75 Å². The fourth-order valence-corrected chi connectivity index (χ4v) is 2.73. The molecule has 1 aliphatic rings. The fourth-order valence-electron chi connectivity index (χ4n) is 2.73.